The van der Waals surface area contributed by atoms with Crippen LogP contribution in [0.5, 0.6) is 0 Å². The lowest BCUT2D eigenvalue weighted by molar-refractivity contribution is -0.140. The molecule has 2 aromatic carbocycles. The molecule has 2 amide bonds. The molecule has 0 radical (unpaired) electrons. The summed E-state index contributed by atoms with van der Waals surface area (Å²) in [6.07, 6.45) is 0.143. The Bertz CT molecular complexity index is 868. The van der Waals surface area contributed by atoms with E-state index in [0.29, 0.717) is 29.1 Å². The van der Waals surface area contributed by atoms with Crippen molar-refractivity contribution in [3.8, 4) is 0 Å². The highest BCUT2D eigenvalue weighted by Crippen LogP contribution is 2.23. The molecule has 0 heterocycles. The van der Waals surface area contributed by atoms with Crippen LogP contribution in [0.25, 0.3) is 0 Å². The number of nitrogens with zero attached hydrogens (tertiary/aromatic N) is 1. The standard InChI is InChI=1S/C23H28Cl2N2O2/c1-15(2)13-26-23(29)17(4)27(14-19-8-6-5-7-16(19)3)22(28)12-18-9-10-20(24)21(25)11-18/h5-11,15,17H,12-14H2,1-4H3,(H,26,29)/t17-/m1/s1. The number of hydrogen-bond acceptors (Lipinski definition) is 2. The summed E-state index contributed by atoms with van der Waals surface area (Å²) in [6.45, 7) is 8.77. The molecule has 0 aromatic heterocycles. The van der Waals surface area contributed by atoms with Crippen LogP contribution >= 0.6 is 23.2 Å². The number of benzene rings is 2. The molecule has 0 aliphatic heterocycles. The van der Waals surface area contributed by atoms with Gasteiger partial charge in [-0.3, -0.25) is 9.59 Å². The molecule has 2 aromatic rings. The number of hydrogen-bond donors (Lipinski definition) is 1. The Kier molecular flexibility index (Phi) is 8.54. The molecule has 0 saturated carbocycles. The molecule has 0 spiro atoms. The minimum atomic E-state index is -0.594. The minimum Gasteiger partial charge on any atom is -0.354 e. The maximum Gasteiger partial charge on any atom is 0.242 e. The number of aryl methyl sites for hydroxylation is 1. The first-order valence-electron chi connectivity index (χ1n) is 9.74. The zero-order valence-electron chi connectivity index (χ0n) is 17.3. The van der Waals surface area contributed by atoms with Gasteiger partial charge in [-0.2, -0.15) is 0 Å². The van der Waals surface area contributed by atoms with Gasteiger partial charge < -0.3 is 10.2 Å². The van der Waals surface area contributed by atoms with Gasteiger partial charge in [-0.15, -0.1) is 0 Å². The number of halogens is 2. The highest BCUT2D eigenvalue weighted by atomic mass is 35.5. The fourth-order valence-corrected chi connectivity index (χ4v) is 3.25. The van der Waals surface area contributed by atoms with Gasteiger partial charge in [0.25, 0.3) is 0 Å². The lowest BCUT2D eigenvalue weighted by atomic mass is 10.1. The number of nitrogens with one attached hydrogen (secondary N) is 1. The number of carbonyl (C=O) groups is 2. The summed E-state index contributed by atoms with van der Waals surface area (Å²) in [5, 5.41) is 3.78. The van der Waals surface area contributed by atoms with E-state index in [9.17, 15) is 9.59 Å². The van der Waals surface area contributed by atoms with E-state index in [1.807, 2.05) is 45.0 Å². The average Bonchev–Trinajstić information content (AvgIpc) is 2.67. The molecular formula is C23H28Cl2N2O2. The predicted molar refractivity (Wildman–Crippen MR) is 119 cm³/mol. The third-order valence-corrected chi connectivity index (χ3v) is 5.53. The van der Waals surface area contributed by atoms with Gasteiger partial charge in [0.2, 0.25) is 11.8 Å². The SMILES string of the molecule is Cc1ccccc1CN(C(=O)Cc1ccc(Cl)c(Cl)c1)[C@H](C)C(=O)NCC(C)C. The summed E-state index contributed by atoms with van der Waals surface area (Å²) in [5.74, 6) is 0.0384. The molecule has 6 heteroatoms. The molecule has 0 fully saturated rings. The predicted octanol–water partition coefficient (Wildman–Crippen LogP) is 5.03. The van der Waals surface area contributed by atoms with Gasteiger partial charge >= 0.3 is 0 Å². The van der Waals surface area contributed by atoms with Crippen LogP contribution in [0, 0.1) is 12.8 Å². The van der Waals surface area contributed by atoms with Crippen LogP contribution in [-0.2, 0) is 22.6 Å². The molecular weight excluding hydrogens is 407 g/mol. The van der Waals surface area contributed by atoms with Crippen LogP contribution in [0.3, 0.4) is 0 Å². The quantitative estimate of drug-likeness (QED) is 0.632. The smallest absolute Gasteiger partial charge is 0.242 e. The second kappa shape index (κ2) is 10.7. The normalized spacial score (nSPS) is 12.0. The maximum absolute atomic E-state index is 13.2. The first kappa shape index (κ1) is 23.2. The zero-order chi connectivity index (χ0) is 21.6. The summed E-state index contributed by atoms with van der Waals surface area (Å²) in [4.78, 5) is 27.5. The largest absolute Gasteiger partial charge is 0.354 e. The molecule has 29 heavy (non-hydrogen) atoms. The second-order valence-electron chi connectivity index (χ2n) is 7.69. The van der Waals surface area contributed by atoms with Crippen molar-refractivity contribution in [2.75, 3.05) is 6.54 Å². The van der Waals surface area contributed by atoms with Gasteiger partial charge in [0, 0.05) is 13.1 Å². The van der Waals surface area contributed by atoms with E-state index in [1.54, 1.807) is 30.0 Å². The van der Waals surface area contributed by atoms with E-state index in [2.05, 4.69) is 5.32 Å². The Morgan fingerprint density at radius 1 is 1.03 bits per heavy atom. The summed E-state index contributed by atoms with van der Waals surface area (Å²) in [6, 6.07) is 12.4. The van der Waals surface area contributed by atoms with Gasteiger partial charge in [-0.25, -0.2) is 0 Å². The van der Waals surface area contributed by atoms with Gasteiger partial charge in [-0.05, 0) is 48.6 Å². The maximum atomic E-state index is 13.2. The minimum absolute atomic E-state index is 0.140. The summed E-state index contributed by atoms with van der Waals surface area (Å²) < 4.78 is 0. The fourth-order valence-electron chi connectivity index (χ4n) is 2.93. The Labute approximate surface area is 183 Å². The van der Waals surface area contributed by atoms with Gasteiger partial charge in [0.1, 0.15) is 6.04 Å². The van der Waals surface area contributed by atoms with E-state index < -0.39 is 6.04 Å². The third kappa shape index (κ3) is 6.76. The number of amides is 2. The van der Waals surface area contributed by atoms with Crippen molar-refractivity contribution < 1.29 is 9.59 Å². The van der Waals surface area contributed by atoms with Crippen molar-refractivity contribution in [3.63, 3.8) is 0 Å². The number of carbonyl (C=O) groups excluding carboxylic acids is 2. The number of rotatable bonds is 8. The topological polar surface area (TPSA) is 49.4 Å². The lowest BCUT2D eigenvalue weighted by Gasteiger charge is -2.29. The summed E-state index contributed by atoms with van der Waals surface area (Å²) in [7, 11) is 0. The first-order valence-corrected chi connectivity index (χ1v) is 10.5. The van der Waals surface area contributed by atoms with Crippen LogP contribution in [0.4, 0.5) is 0 Å². The van der Waals surface area contributed by atoms with Crippen molar-refractivity contribution in [1.29, 1.82) is 0 Å². The average molecular weight is 435 g/mol. The summed E-state index contributed by atoms with van der Waals surface area (Å²) in [5.41, 5.74) is 2.85. The molecule has 156 valence electrons. The van der Waals surface area contributed by atoms with Gasteiger partial charge in [-0.1, -0.05) is 67.4 Å². The van der Waals surface area contributed by atoms with Crippen LogP contribution in [0.1, 0.15) is 37.5 Å². The van der Waals surface area contributed by atoms with E-state index in [4.69, 9.17) is 23.2 Å². The Morgan fingerprint density at radius 2 is 1.72 bits per heavy atom. The lowest BCUT2D eigenvalue weighted by Crippen LogP contribution is -2.48. The molecule has 0 aliphatic rings. The van der Waals surface area contributed by atoms with Crippen molar-refractivity contribution in [3.05, 3.63) is 69.2 Å². The monoisotopic (exact) mass is 434 g/mol. The Morgan fingerprint density at radius 3 is 2.34 bits per heavy atom. The zero-order valence-corrected chi connectivity index (χ0v) is 18.8. The first-order chi connectivity index (χ1) is 13.7. The molecule has 0 saturated heterocycles. The second-order valence-corrected chi connectivity index (χ2v) is 8.50. The third-order valence-electron chi connectivity index (χ3n) is 4.79. The van der Waals surface area contributed by atoms with E-state index in [-0.39, 0.29) is 18.2 Å². The van der Waals surface area contributed by atoms with Gasteiger partial charge in [0.05, 0.1) is 16.5 Å². The van der Waals surface area contributed by atoms with Crippen molar-refractivity contribution >= 4 is 35.0 Å². The Balaban J connectivity index is 2.24. The van der Waals surface area contributed by atoms with Crippen LogP contribution in [-0.4, -0.2) is 29.3 Å². The van der Waals surface area contributed by atoms with Crippen molar-refractivity contribution in [1.82, 2.24) is 10.2 Å². The molecule has 1 atom stereocenters. The summed E-state index contributed by atoms with van der Waals surface area (Å²) >= 11 is 12.1. The van der Waals surface area contributed by atoms with Crippen molar-refractivity contribution in [2.45, 2.75) is 46.7 Å². The Hall–Kier alpha value is -2.04. The van der Waals surface area contributed by atoms with E-state index in [1.165, 1.54) is 0 Å². The molecule has 0 unspecified atom stereocenters. The molecule has 4 nitrogen and oxygen atoms in total. The highest BCUT2D eigenvalue weighted by Gasteiger charge is 2.26. The fraction of sp³-hybridized carbons (Fsp3) is 0.391. The van der Waals surface area contributed by atoms with Gasteiger partial charge in [0.15, 0.2) is 0 Å². The molecule has 1 N–H and O–H groups in total. The van der Waals surface area contributed by atoms with E-state index in [0.717, 1.165) is 16.7 Å². The van der Waals surface area contributed by atoms with Crippen LogP contribution in [0.15, 0.2) is 42.5 Å². The van der Waals surface area contributed by atoms with Crippen LogP contribution in [0.2, 0.25) is 10.0 Å². The van der Waals surface area contributed by atoms with Crippen molar-refractivity contribution in [2.24, 2.45) is 5.92 Å². The highest BCUT2D eigenvalue weighted by molar-refractivity contribution is 6.42. The molecule has 0 bridgehead atoms. The molecule has 2 rings (SSSR count). The van der Waals surface area contributed by atoms with E-state index >= 15 is 0 Å². The van der Waals surface area contributed by atoms with Crippen LogP contribution < -0.4 is 5.32 Å². The molecule has 0 aliphatic carbocycles.